The maximum atomic E-state index is 6.20. The van der Waals surface area contributed by atoms with Crippen LogP contribution in [-0.4, -0.2) is 32.8 Å². The van der Waals surface area contributed by atoms with Crippen LogP contribution >= 0.6 is 0 Å². The van der Waals surface area contributed by atoms with Gasteiger partial charge in [0.15, 0.2) is 0 Å². The van der Waals surface area contributed by atoms with E-state index < -0.39 is 0 Å². The van der Waals surface area contributed by atoms with E-state index >= 15 is 0 Å². The van der Waals surface area contributed by atoms with Crippen LogP contribution in [0.3, 0.4) is 0 Å². The zero-order valence-electron chi connectivity index (χ0n) is 12.4. The third kappa shape index (κ3) is 3.50. The third-order valence-corrected chi connectivity index (χ3v) is 3.64. The van der Waals surface area contributed by atoms with Crippen LogP contribution in [0.5, 0.6) is 0 Å². The number of rotatable bonds is 7. The first-order valence-corrected chi connectivity index (χ1v) is 7.23. The second kappa shape index (κ2) is 7.27. The Kier molecular flexibility index (Phi) is 5.39. The summed E-state index contributed by atoms with van der Waals surface area (Å²) < 4.78 is 5.11. The maximum absolute atomic E-state index is 6.20. The molecule has 108 valence electrons. The molecule has 2 rings (SSSR count). The zero-order chi connectivity index (χ0) is 14.4. The van der Waals surface area contributed by atoms with Gasteiger partial charge in [0.2, 0.25) is 0 Å². The van der Waals surface area contributed by atoms with Crippen LogP contribution < -0.4 is 10.6 Å². The van der Waals surface area contributed by atoms with Crippen molar-refractivity contribution in [3.05, 3.63) is 42.5 Å². The van der Waals surface area contributed by atoms with E-state index in [1.807, 2.05) is 0 Å². The lowest BCUT2D eigenvalue weighted by atomic mass is 10.1. The summed E-state index contributed by atoms with van der Waals surface area (Å²) in [4.78, 5) is 2.35. The Morgan fingerprint density at radius 1 is 1.15 bits per heavy atom. The van der Waals surface area contributed by atoms with E-state index in [0.717, 1.165) is 19.5 Å². The van der Waals surface area contributed by atoms with Gasteiger partial charge in [0, 0.05) is 43.9 Å². The third-order valence-electron chi connectivity index (χ3n) is 3.64. The number of likely N-dealkylation sites (N-methyl/N-ethyl adjacent to an activating group) is 1. The first-order valence-electron chi connectivity index (χ1n) is 7.23. The summed E-state index contributed by atoms with van der Waals surface area (Å²) in [5.74, 6) is 0. The van der Waals surface area contributed by atoms with Gasteiger partial charge < -0.3 is 15.4 Å². The number of anilines is 1. The fourth-order valence-corrected chi connectivity index (χ4v) is 2.53. The Morgan fingerprint density at radius 2 is 1.90 bits per heavy atom. The highest BCUT2D eigenvalue weighted by molar-refractivity contribution is 5.94. The molecule has 0 fully saturated rings. The first kappa shape index (κ1) is 14.8. The van der Waals surface area contributed by atoms with E-state index in [1.54, 1.807) is 7.11 Å². The van der Waals surface area contributed by atoms with Gasteiger partial charge in [-0.25, -0.2) is 0 Å². The van der Waals surface area contributed by atoms with Crippen LogP contribution in [0.4, 0.5) is 5.69 Å². The molecule has 3 nitrogen and oxygen atoms in total. The molecule has 1 atom stereocenters. The molecule has 0 spiro atoms. The molecule has 0 saturated carbocycles. The second-order valence-electron chi connectivity index (χ2n) is 5.08. The fourth-order valence-electron chi connectivity index (χ4n) is 2.53. The van der Waals surface area contributed by atoms with Gasteiger partial charge >= 0.3 is 0 Å². The van der Waals surface area contributed by atoms with Crippen molar-refractivity contribution >= 4 is 16.5 Å². The van der Waals surface area contributed by atoms with Gasteiger partial charge in [-0.05, 0) is 24.8 Å². The van der Waals surface area contributed by atoms with Gasteiger partial charge in [-0.15, -0.1) is 0 Å². The van der Waals surface area contributed by atoms with E-state index in [1.165, 1.54) is 16.5 Å². The average Bonchev–Trinajstić information content (AvgIpc) is 2.50. The van der Waals surface area contributed by atoms with Crippen molar-refractivity contribution in [3.8, 4) is 0 Å². The predicted molar refractivity (Wildman–Crippen MR) is 86.3 cm³/mol. The topological polar surface area (TPSA) is 38.5 Å². The molecule has 0 aliphatic heterocycles. The predicted octanol–water partition coefficient (Wildman–Crippen LogP) is 3.03. The SMILES string of the molecule is CCN(CC(N)CCOC)c1cccc2ccccc12. The van der Waals surface area contributed by atoms with Crippen molar-refractivity contribution in [3.63, 3.8) is 0 Å². The average molecular weight is 272 g/mol. The quantitative estimate of drug-likeness (QED) is 0.842. The molecular weight excluding hydrogens is 248 g/mol. The zero-order valence-corrected chi connectivity index (χ0v) is 12.4. The lowest BCUT2D eigenvalue weighted by Gasteiger charge is -2.27. The molecule has 3 heteroatoms. The van der Waals surface area contributed by atoms with Gasteiger partial charge in [0.25, 0.3) is 0 Å². The number of hydrogen-bond acceptors (Lipinski definition) is 3. The van der Waals surface area contributed by atoms with Crippen molar-refractivity contribution in [1.82, 2.24) is 0 Å². The molecule has 0 bridgehead atoms. The molecule has 0 amide bonds. The van der Waals surface area contributed by atoms with Gasteiger partial charge in [-0.2, -0.15) is 0 Å². The van der Waals surface area contributed by atoms with Crippen molar-refractivity contribution in [2.24, 2.45) is 5.73 Å². The highest BCUT2D eigenvalue weighted by Gasteiger charge is 2.12. The molecular formula is C17H24N2O. The minimum atomic E-state index is 0.133. The number of benzene rings is 2. The lowest BCUT2D eigenvalue weighted by Crippen LogP contribution is -2.38. The fraction of sp³-hybridized carbons (Fsp3) is 0.412. The smallest absolute Gasteiger partial charge is 0.0477 e. The Labute approximate surface area is 121 Å². The minimum Gasteiger partial charge on any atom is -0.385 e. The number of ether oxygens (including phenoxy) is 1. The summed E-state index contributed by atoms with van der Waals surface area (Å²) in [6, 6.07) is 15.1. The van der Waals surface area contributed by atoms with Crippen LogP contribution in [0.25, 0.3) is 10.8 Å². The van der Waals surface area contributed by atoms with Crippen LogP contribution in [0, 0.1) is 0 Å². The second-order valence-corrected chi connectivity index (χ2v) is 5.08. The van der Waals surface area contributed by atoms with Crippen LogP contribution in [0.1, 0.15) is 13.3 Å². The Balaban J connectivity index is 2.21. The van der Waals surface area contributed by atoms with E-state index in [2.05, 4.69) is 54.3 Å². The Morgan fingerprint density at radius 3 is 2.65 bits per heavy atom. The summed E-state index contributed by atoms with van der Waals surface area (Å²) in [6.07, 6.45) is 0.887. The minimum absolute atomic E-state index is 0.133. The number of nitrogens with zero attached hydrogens (tertiary/aromatic N) is 1. The molecule has 0 aromatic heterocycles. The molecule has 0 radical (unpaired) electrons. The van der Waals surface area contributed by atoms with Crippen molar-refractivity contribution < 1.29 is 4.74 Å². The molecule has 0 aliphatic rings. The standard InChI is InChI=1S/C17H24N2O/c1-3-19(13-15(18)11-12-20-2)17-10-6-8-14-7-4-5-9-16(14)17/h4-10,15H,3,11-13,18H2,1-2H3. The van der Waals surface area contributed by atoms with E-state index in [0.29, 0.717) is 6.61 Å². The van der Waals surface area contributed by atoms with E-state index in [-0.39, 0.29) is 6.04 Å². The van der Waals surface area contributed by atoms with Crippen LogP contribution in [0.15, 0.2) is 42.5 Å². The van der Waals surface area contributed by atoms with Crippen molar-refractivity contribution in [2.45, 2.75) is 19.4 Å². The number of nitrogens with two attached hydrogens (primary N) is 1. The summed E-state index contributed by atoms with van der Waals surface area (Å²) in [5, 5.41) is 2.56. The molecule has 20 heavy (non-hydrogen) atoms. The Hall–Kier alpha value is -1.58. The molecule has 2 N–H and O–H groups in total. The van der Waals surface area contributed by atoms with Crippen molar-refractivity contribution in [2.75, 3.05) is 31.7 Å². The normalized spacial score (nSPS) is 12.6. The molecule has 1 unspecified atom stereocenters. The number of methoxy groups -OCH3 is 1. The van der Waals surface area contributed by atoms with Gasteiger partial charge in [-0.3, -0.25) is 0 Å². The van der Waals surface area contributed by atoms with E-state index in [4.69, 9.17) is 10.5 Å². The van der Waals surface area contributed by atoms with Crippen molar-refractivity contribution in [1.29, 1.82) is 0 Å². The summed E-state index contributed by atoms with van der Waals surface area (Å²) in [5.41, 5.74) is 7.46. The monoisotopic (exact) mass is 272 g/mol. The summed E-state index contributed by atoms with van der Waals surface area (Å²) in [7, 11) is 1.72. The number of fused-ring (bicyclic) bond motifs is 1. The molecule has 2 aromatic carbocycles. The van der Waals surface area contributed by atoms with Gasteiger partial charge in [0.1, 0.15) is 0 Å². The first-order chi connectivity index (χ1) is 9.76. The molecule has 0 heterocycles. The highest BCUT2D eigenvalue weighted by atomic mass is 16.5. The lowest BCUT2D eigenvalue weighted by molar-refractivity contribution is 0.188. The largest absolute Gasteiger partial charge is 0.385 e. The van der Waals surface area contributed by atoms with Crippen LogP contribution in [0.2, 0.25) is 0 Å². The highest BCUT2D eigenvalue weighted by Crippen LogP contribution is 2.26. The van der Waals surface area contributed by atoms with Crippen LogP contribution in [-0.2, 0) is 4.74 Å². The van der Waals surface area contributed by atoms with Gasteiger partial charge in [-0.1, -0.05) is 36.4 Å². The molecule has 0 saturated heterocycles. The number of hydrogen-bond donors (Lipinski definition) is 1. The molecule has 2 aromatic rings. The summed E-state index contributed by atoms with van der Waals surface area (Å²) in [6.45, 7) is 4.70. The molecule has 0 aliphatic carbocycles. The summed E-state index contributed by atoms with van der Waals surface area (Å²) >= 11 is 0. The van der Waals surface area contributed by atoms with Gasteiger partial charge in [0.05, 0.1) is 0 Å². The Bertz CT molecular complexity index is 536. The maximum Gasteiger partial charge on any atom is 0.0477 e. The van der Waals surface area contributed by atoms with E-state index in [9.17, 15) is 0 Å².